The third kappa shape index (κ3) is 4.13. The predicted octanol–water partition coefficient (Wildman–Crippen LogP) is 12.4. The molecule has 236 valence electrons. The molecule has 0 unspecified atom stereocenters. The van der Waals surface area contributed by atoms with Crippen LogP contribution in [0.4, 0.5) is 11.6 Å². The summed E-state index contributed by atoms with van der Waals surface area (Å²) >= 11 is 0. The summed E-state index contributed by atoms with van der Waals surface area (Å²) in [5.74, 6) is 1.24. The van der Waals surface area contributed by atoms with Crippen molar-refractivity contribution >= 4 is 89.5 Å². The molecule has 10 rings (SSSR count). The van der Waals surface area contributed by atoms with E-state index in [1.54, 1.807) is 0 Å². The standard InChI is InChI=1S/C45H30N4O/c1-28(47-44-43-33-15-7-6-12-29(33)22-25-42(43)50-45(44)46-2)48-38-18-10-8-16-34(38)36-26-30(20-23-40(36)48)31-21-24-41-37(27-31)35-17-9-11-19-39(35)49(41)32-13-4-3-5-14-32/h3-27H,2H2,1H3/b47-28+. The highest BCUT2D eigenvalue weighted by molar-refractivity contribution is 6.18. The molecular weight excluding hydrogens is 613 g/mol. The number of hydrogen-bond acceptors (Lipinski definition) is 3. The van der Waals surface area contributed by atoms with Crippen molar-refractivity contribution in [3.63, 3.8) is 0 Å². The summed E-state index contributed by atoms with van der Waals surface area (Å²) in [4.78, 5) is 9.47. The zero-order chi connectivity index (χ0) is 33.3. The Morgan fingerprint density at radius 1 is 0.560 bits per heavy atom. The van der Waals surface area contributed by atoms with Crippen LogP contribution in [-0.2, 0) is 0 Å². The van der Waals surface area contributed by atoms with Gasteiger partial charge in [-0.2, -0.15) is 0 Å². The van der Waals surface area contributed by atoms with Crippen LogP contribution in [0.1, 0.15) is 6.92 Å². The van der Waals surface area contributed by atoms with Crippen LogP contribution in [-0.4, -0.2) is 21.7 Å². The second-order valence-corrected chi connectivity index (χ2v) is 12.7. The van der Waals surface area contributed by atoms with Crippen molar-refractivity contribution in [3.8, 4) is 16.8 Å². The second kappa shape index (κ2) is 10.9. The van der Waals surface area contributed by atoms with Crippen molar-refractivity contribution in [1.82, 2.24) is 9.13 Å². The number of fused-ring (bicyclic) bond motifs is 9. The zero-order valence-corrected chi connectivity index (χ0v) is 27.3. The molecule has 50 heavy (non-hydrogen) atoms. The predicted molar refractivity (Wildman–Crippen MR) is 210 cm³/mol. The van der Waals surface area contributed by atoms with Crippen molar-refractivity contribution in [2.24, 2.45) is 9.98 Å². The molecule has 10 aromatic rings. The minimum atomic E-state index is 0.419. The Morgan fingerprint density at radius 3 is 1.90 bits per heavy atom. The average Bonchev–Trinajstić information content (AvgIpc) is 3.82. The second-order valence-electron chi connectivity index (χ2n) is 12.7. The molecule has 0 aliphatic heterocycles. The molecule has 0 saturated heterocycles. The fourth-order valence-electron chi connectivity index (χ4n) is 7.77. The zero-order valence-electron chi connectivity index (χ0n) is 27.3. The average molecular weight is 643 g/mol. The van der Waals surface area contributed by atoms with Crippen LogP contribution in [0.15, 0.2) is 166 Å². The van der Waals surface area contributed by atoms with Gasteiger partial charge in [0.15, 0.2) is 0 Å². The van der Waals surface area contributed by atoms with E-state index in [0.717, 1.165) is 44.3 Å². The van der Waals surface area contributed by atoms with Crippen LogP contribution in [0.3, 0.4) is 0 Å². The molecule has 0 aliphatic rings. The van der Waals surface area contributed by atoms with Gasteiger partial charge in [-0.1, -0.05) is 97.1 Å². The minimum Gasteiger partial charge on any atom is -0.436 e. The Morgan fingerprint density at radius 2 is 1.14 bits per heavy atom. The molecule has 0 atom stereocenters. The van der Waals surface area contributed by atoms with Gasteiger partial charge in [-0.15, -0.1) is 0 Å². The Bertz CT molecular complexity index is 3010. The van der Waals surface area contributed by atoms with E-state index in [0.29, 0.717) is 11.6 Å². The Kier molecular flexibility index (Phi) is 6.17. The normalized spacial score (nSPS) is 12.3. The lowest BCUT2D eigenvalue weighted by atomic mass is 10.0. The maximum absolute atomic E-state index is 6.15. The first-order chi connectivity index (χ1) is 24.7. The highest BCUT2D eigenvalue weighted by Gasteiger charge is 2.19. The summed E-state index contributed by atoms with van der Waals surface area (Å²) in [6, 6.07) is 53.7. The molecule has 0 N–H and O–H groups in total. The van der Waals surface area contributed by atoms with Gasteiger partial charge >= 0.3 is 0 Å². The van der Waals surface area contributed by atoms with Gasteiger partial charge in [0, 0.05) is 27.2 Å². The van der Waals surface area contributed by atoms with E-state index in [1.165, 1.54) is 43.7 Å². The first-order valence-corrected chi connectivity index (χ1v) is 16.8. The summed E-state index contributed by atoms with van der Waals surface area (Å²) in [7, 11) is 0. The molecule has 5 nitrogen and oxygen atoms in total. The van der Waals surface area contributed by atoms with Crippen molar-refractivity contribution in [2.45, 2.75) is 6.92 Å². The quantitative estimate of drug-likeness (QED) is 0.139. The number of nitrogens with zero attached hydrogens (tertiary/aromatic N) is 4. The SMILES string of the molecule is C=Nc1oc2ccc3ccccc3c2c1/N=C(\C)n1c2ccccc2c2cc(-c3ccc4c(c3)c3ccccc3n4-c3ccccc3)ccc21. The van der Waals surface area contributed by atoms with Crippen molar-refractivity contribution in [1.29, 1.82) is 0 Å². The minimum absolute atomic E-state index is 0.419. The van der Waals surface area contributed by atoms with Crippen LogP contribution < -0.4 is 0 Å². The van der Waals surface area contributed by atoms with E-state index in [1.807, 2.05) is 25.1 Å². The van der Waals surface area contributed by atoms with Crippen LogP contribution in [0, 0.1) is 0 Å². The molecule has 3 heterocycles. The van der Waals surface area contributed by atoms with Gasteiger partial charge in [-0.05, 0) is 90.1 Å². The van der Waals surface area contributed by atoms with E-state index in [4.69, 9.17) is 9.41 Å². The van der Waals surface area contributed by atoms with E-state index >= 15 is 0 Å². The molecule has 7 aromatic carbocycles. The Labute approximate surface area is 287 Å². The fourth-order valence-corrected chi connectivity index (χ4v) is 7.77. The number of aromatic nitrogens is 2. The van der Waals surface area contributed by atoms with Crippen molar-refractivity contribution < 1.29 is 4.42 Å². The van der Waals surface area contributed by atoms with Gasteiger partial charge < -0.3 is 8.98 Å². The van der Waals surface area contributed by atoms with Crippen LogP contribution in [0.25, 0.3) is 82.2 Å². The highest BCUT2D eigenvalue weighted by Crippen LogP contribution is 2.44. The smallest absolute Gasteiger partial charge is 0.245 e. The van der Waals surface area contributed by atoms with E-state index < -0.39 is 0 Å². The molecule has 3 aromatic heterocycles. The summed E-state index contributed by atoms with van der Waals surface area (Å²) in [6.45, 7) is 5.86. The summed E-state index contributed by atoms with van der Waals surface area (Å²) < 4.78 is 10.7. The van der Waals surface area contributed by atoms with Crippen LogP contribution >= 0.6 is 0 Å². The third-order valence-electron chi connectivity index (χ3n) is 9.97. The van der Waals surface area contributed by atoms with E-state index in [-0.39, 0.29) is 0 Å². The third-order valence-corrected chi connectivity index (χ3v) is 9.97. The molecule has 0 spiro atoms. The lowest BCUT2D eigenvalue weighted by Gasteiger charge is -2.09. The van der Waals surface area contributed by atoms with Gasteiger partial charge in [-0.3, -0.25) is 4.57 Å². The molecule has 0 bridgehead atoms. The lowest BCUT2D eigenvalue weighted by Crippen LogP contribution is -2.06. The molecule has 0 fully saturated rings. The maximum Gasteiger partial charge on any atom is 0.245 e. The fraction of sp³-hybridized carbons (Fsp3) is 0.0222. The van der Waals surface area contributed by atoms with Gasteiger partial charge in [-0.25, -0.2) is 9.98 Å². The maximum atomic E-state index is 6.15. The van der Waals surface area contributed by atoms with Crippen molar-refractivity contribution in [2.75, 3.05) is 0 Å². The van der Waals surface area contributed by atoms with Gasteiger partial charge in [0.1, 0.15) is 17.1 Å². The number of aliphatic imine (C=N–C) groups is 2. The van der Waals surface area contributed by atoms with Crippen molar-refractivity contribution in [3.05, 3.63) is 152 Å². The highest BCUT2D eigenvalue weighted by atomic mass is 16.3. The van der Waals surface area contributed by atoms with Gasteiger partial charge in [0.2, 0.25) is 5.88 Å². The Hall–Kier alpha value is -6.72. The van der Waals surface area contributed by atoms with Crippen LogP contribution in [0.5, 0.6) is 0 Å². The molecule has 5 heteroatoms. The van der Waals surface area contributed by atoms with Gasteiger partial charge in [0.25, 0.3) is 0 Å². The largest absolute Gasteiger partial charge is 0.436 e. The summed E-state index contributed by atoms with van der Waals surface area (Å²) in [5, 5.41) is 7.96. The lowest BCUT2D eigenvalue weighted by molar-refractivity contribution is 0.627. The molecule has 0 aliphatic carbocycles. The van der Waals surface area contributed by atoms with Crippen LogP contribution in [0.2, 0.25) is 0 Å². The summed E-state index contributed by atoms with van der Waals surface area (Å²) in [5.41, 5.74) is 9.51. The summed E-state index contributed by atoms with van der Waals surface area (Å²) in [6.07, 6.45) is 0. The van der Waals surface area contributed by atoms with E-state index in [2.05, 4.69) is 154 Å². The number of rotatable bonds is 4. The molecule has 0 radical (unpaired) electrons. The molecule has 0 amide bonds. The van der Waals surface area contributed by atoms with Gasteiger partial charge in [0.05, 0.1) is 27.5 Å². The topological polar surface area (TPSA) is 47.7 Å². The number of benzene rings is 7. The number of furan rings is 1. The van der Waals surface area contributed by atoms with E-state index in [9.17, 15) is 0 Å². The first-order valence-electron chi connectivity index (χ1n) is 16.8. The number of hydrogen-bond donors (Lipinski definition) is 0. The first kappa shape index (κ1) is 28.3. The Balaban J connectivity index is 1.16. The molecule has 0 saturated carbocycles. The monoisotopic (exact) mass is 642 g/mol. The number of para-hydroxylation sites is 3. The molecular formula is C45H30N4O.